The average Bonchev–Trinajstić information content (AvgIpc) is 3.17. The van der Waals surface area contributed by atoms with Crippen molar-refractivity contribution in [2.75, 3.05) is 13.1 Å². The minimum atomic E-state index is -0.299. The number of nitrogens with zero attached hydrogens (tertiary/aromatic N) is 2. The molecule has 1 aliphatic rings. The van der Waals surface area contributed by atoms with Crippen LogP contribution in [0.15, 0.2) is 54.7 Å². The van der Waals surface area contributed by atoms with Crippen molar-refractivity contribution >= 4 is 22.7 Å². The Kier molecular flexibility index (Phi) is 7.11. The SMILES string of the molecule is CC(C)N(CC(=O)N(CCc1c[nH]c2ccccc12)Cc1ccc(F)cc1)C(=O)C1CCC1. The Morgan fingerprint density at radius 3 is 2.48 bits per heavy atom. The van der Waals surface area contributed by atoms with Crippen molar-refractivity contribution in [2.24, 2.45) is 5.92 Å². The zero-order chi connectivity index (χ0) is 23.4. The maximum Gasteiger partial charge on any atom is 0.242 e. The zero-order valence-corrected chi connectivity index (χ0v) is 19.4. The van der Waals surface area contributed by atoms with Crippen LogP contribution in [0.4, 0.5) is 4.39 Å². The molecule has 3 aromatic rings. The monoisotopic (exact) mass is 449 g/mol. The number of carbonyl (C=O) groups excluding carboxylic acids is 2. The number of hydrogen-bond donors (Lipinski definition) is 1. The summed E-state index contributed by atoms with van der Waals surface area (Å²) < 4.78 is 13.4. The summed E-state index contributed by atoms with van der Waals surface area (Å²) >= 11 is 0. The molecule has 5 nitrogen and oxygen atoms in total. The quantitative estimate of drug-likeness (QED) is 0.504. The van der Waals surface area contributed by atoms with Crippen molar-refractivity contribution < 1.29 is 14.0 Å². The summed E-state index contributed by atoms with van der Waals surface area (Å²) in [6, 6.07) is 14.3. The molecule has 174 valence electrons. The summed E-state index contributed by atoms with van der Waals surface area (Å²) in [6.45, 7) is 4.88. The predicted octanol–water partition coefficient (Wildman–Crippen LogP) is 4.92. The maximum absolute atomic E-state index is 13.4. The van der Waals surface area contributed by atoms with Gasteiger partial charge in [-0.1, -0.05) is 36.8 Å². The molecule has 0 saturated heterocycles. The number of hydrogen-bond acceptors (Lipinski definition) is 2. The van der Waals surface area contributed by atoms with E-state index in [4.69, 9.17) is 0 Å². The van der Waals surface area contributed by atoms with Gasteiger partial charge in [-0.3, -0.25) is 9.59 Å². The summed E-state index contributed by atoms with van der Waals surface area (Å²) in [6.07, 6.45) is 5.59. The first-order valence-electron chi connectivity index (χ1n) is 11.8. The summed E-state index contributed by atoms with van der Waals surface area (Å²) in [5.41, 5.74) is 3.08. The van der Waals surface area contributed by atoms with Crippen molar-refractivity contribution in [1.82, 2.24) is 14.8 Å². The molecule has 1 saturated carbocycles. The Balaban J connectivity index is 1.51. The Morgan fingerprint density at radius 2 is 1.82 bits per heavy atom. The van der Waals surface area contributed by atoms with Crippen LogP contribution in [0.25, 0.3) is 10.9 Å². The zero-order valence-electron chi connectivity index (χ0n) is 19.4. The lowest BCUT2D eigenvalue weighted by atomic mass is 9.84. The van der Waals surface area contributed by atoms with E-state index in [9.17, 15) is 14.0 Å². The van der Waals surface area contributed by atoms with Crippen LogP contribution < -0.4 is 0 Å². The molecule has 1 N–H and O–H groups in total. The summed E-state index contributed by atoms with van der Waals surface area (Å²) in [7, 11) is 0. The molecule has 1 aliphatic carbocycles. The van der Waals surface area contributed by atoms with Gasteiger partial charge in [0.2, 0.25) is 11.8 Å². The minimum absolute atomic E-state index is 0.0386. The van der Waals surface area contributed by atoms with Crippen LogP contribution in [0.3, 0.4) is 0 Å². The Morgan fingerprint density at radius 1 is 1.09 bits per heavy atom. The number of nitrogens with one attached hydrogen (secondary N) is 1. The summed E-state index contributed by atoms with van der Waals surface area (Å²) in [5.74, 6) is -0.243. The first-order valence-corrected chi connectivity index (χ1v) is 11.8. The number of aromatic amines is 1. The van der Waals surface area contributed by atoms with Gasteiger partial charge in [0.1, 0.15) is 5.82 Å². The van der Waals surface area contributed by atoms with Gasteiger partial charge in [0, 0.05) is 42.1 Å². The number of amides is 2. The van der Waals surface area contributed by atoms with Gasteiger partial charge >= 0.3 is 0 Å². The van der Waals surface area contributed by atoms with Crippen molar-refractivity contribution in [3.63, 3.8) is 0 Å². The summed E-state index contributed by atoms with van der Waals surface area (Å²) in [4.78, 5) is 33.2. The van der Waals surface area contributed by atoms with Crippen molar-refractivity contribution in [3.05, 3.63) is 71.7 Å². The van der Waals surface area contributed by atoms with Crippen molar-refractivity contribution in [2.45, 2.75) is 52.1 Å². The van der Waals surface area contributed by atoms with E-state index in [1.54, 1.807) is 21.9 Å². The number of H-pyrrole nitrogens is 1. The number of benzene rings is 2. The van der Waals surface area contributed by atoms with Crippen LogP contribution in [0.5, 0.6) is 0 Å². The van der Waals surface area contributed by atoms with Crippen molar-refractivity contribution in [3.8, 4) is 0 Å². The van der Waals surface area contributed by atoms with Gasteiger partial charge in [0.15, 0.2) is 0 Å². The van der Waals surface area contributed by atoms with E-state index >= 15 is 0 Å². The highest BCUT2D eigenvalue weighted by molar-refractivity contribution is 5.87. The Labute approximate surface area is 194 Å². The number of rotatable bonds is 9. The molecule has 1 aromatic heterocycles. The highest BCUT2D eigenvalue weighted by Gasteiger charge is 2.32. The number of fused-ring (bicyclic) bond motifs is 1. The first kappa shape index (κ1) is 23.0. The molecular weight excluding hydrogens is 417 g/mol. The molecule has 2 aromatic carbocycles. The second-order valence-corrected chi connectivity index (χ2v) is 9.24. The van der Waals surface area contributed by atoms with Crippen LogP contribution in [-0.2, 0) is 22.6 Å². The highest BCUT2D eigenvalue weighted by atomic mass is 19.1. The standard InChI is InChI=1S/C27H32FN3O2/c1-19(2)31(27(33)21-6-5-7-21)18-26(32)30(17-20-10-12-23(28)13-11-20)15-14-22-16-29-25-9-4-3-8-24(22)25/h3-4,8-13,16,19,21,29H,5-7,14-15,17-18H2,1-2H3. The highest BCUT2D eigenvalue weighted by Crippen LogP contribution is 2.29. The molecule has 0 bridgehead atoms. The fourth-order valence-corrected chi connectivity index (χ4v) is 4.35. The molecule has 1 fully saturated rings. The molecule has 0 unspecified atom stereocenters. The molecule has 33 heavy (non-hydrogen) atoms. The molecule has 6 heteroatoms. The van der Waals surface area contributed by atoms with E-state index in [0.29, 0.717) is 19.5 Å². The number of carbonyl (C=O) groups is 2. The second kappa shape index (κ2) is 10.2. The van der Waals surface area contributed by atoms with Gasteiger partial charge in [0.25, 0.3) is 0 Å². The largest absolute Gasteiger partial charge is 0.361 e. The fraction of sp³-hybridized carbons (Fsp3) is 0.407. The molecular formula is C27H32FN3O2. The van der Waals surface area contributed by atoms with Crippen LogP contribution in [0.2, 0.25) is 0 Å². The lowest BCUT2D eigenvalue weighted by Gasteiger charge is -2.35. The van der Waals surface area contributed by atoms with E-state index in [-0.39, 0.29) is 36.1 Å². The van der Waals surface area contributed by atoms with Gasteiger partial charge < -0.3 is 14.8 Å². The van der Waals surface area contributed by atoms with Crippen LogP contribution in [0.1, 0.15) is 44.2 Å². The summed E-state index contributed by atoms with van der Waals surface area (Å²) in [5, 5.41) is 1.15. The Hall–Kier alpha value is -3.15. The van der Waals surface area contributed by atoms with Crippen molar-refractivity contribution in [1.29, 1.82) is 0 Å². The van der Waals surface area contributed by atoms with E-state index in [2.05, 4.69) is 11.1 Å². The van der Waals surface area contributed by atoms with Crippen LogP contribution >= 0.6 is 0 Å². The van der Waals surface area contributed by atoms with E-state index in [1.807, 2.05) is 38.2 Å². The number of halogens is 1. The lowest BCUT2D eigenvalue weighted by Crippen LogP contribution is -2.49. The lowest BCUT2D eigenvalue weighted by molar-refractivity contribution is -0.146. The maximum atomic E-state index is 13.4. The van der Waals surface area contributed by atoms with E-state index in [1.165, 1.54) is 12.1 Å². The third kappa shape index (κ3) is 5.44. The molecule has 1 heterocycles. The van der Waals surface area contributed by atoms with Gasteiger partial charge in [-0.05, 0) is 62.4 Å². The normalized spacial score (nSPS) is 13.8. The molecule has 0 aliphatic heterocycles. The van der Waals surface area contributed by atoms with Gasteiger partial charge in [-0.25, -0.2) is 4.39 Å². The molecule has 0 spiro atoms. The number of para-hydroxylation sites is 1. The smallest absolute Gasteiger partial charge is 0.242 e. The molecule has 2 amide bonds. The predicted molar refractivity (Wildman–Crippen MR) is 128 cm³/mol. The molecule has 4 rings (SSSR count). The average molecular weight is 450 g/mol. The molecule has 0 radical (unpaired) electrons. The van der Waals surface area contributed by atoms with E-state index in [0.717, 1.165) is 41.3 Å². The van der Waals surface area contributed by atoms with Crippen LogP contribution in [0, 0.1) is 11.7 Å². The third-order valence-corrected chi connectivity index (χ3v) is 6.63. The van der Waals surface area contributed by atoms with Gasteiger partial charge in [-0.15, -0.1) is 0 Å². The second-order valence-electron chi connectivity index (χ2n) is 9.24. The third-order valence-electron chi connectivity index (χ3n) is 6.63. The topological polar surface area (TPSA) is 56.4 Å². The van der Waals surface area contributed by atoms with Crippen LogP contribution in [-0.4, -0.2) is 45.7 Å². The number of aromatic nitrogens is 1. The van der Waals surface area contributed by atoms with Gasteiger partial charge in [0.05, 0.1) is 6.54 Å². The van der Waals surface area contributed by atoms with Gasteiger partial charge in [-0.2, -0.15) is 0 Å². The molecule has 0 atom stereocenters. The van der Waals surface area contributed by atoms with E-state index < -0.39 is 0 Å². The minimum Gasteiger partial charge on any atom is -0.361 e. The Bertz CT molecular complexity index is 1100. The fourth-order valence-electron chi connectivity index (χ4n) is 4.35. The first-order chi connectivity index (χ1) is 15.9.